The van der Waals surface area contributed by atoms with Gasteiger partial charge < -0.3 is 10.1 Å². The molecule has 0 aliphatic carbocycles. The fraction of sp³-hybridized carbons (Fsp3) is 0.273. The molecule has 1 aliphatic rings. The Morgan fingerprint density at radius 3 is 2.22 bits per heavy atom. The smallest absolute Gasteiger partial charge is 0.278 e. The van der Waals surface area contributed by atoms with Crippen molar-refractivity contribution >= 4 is 23.1 Å². The molecule has 0 spiro atoms. The lowest BCUT2D eigenvalue weighted by Crippen LogP contribution is -2.32. The summed E-state index contributed by atoms with van der Waals surface area (Å²) in [5.41, 5.74) is 2.16. The first-order chi connectivity index (χ1) is 13.0. The van der Waals surface area contributed by atoms with Crippen LogP contribution in [0.3, 0.4) is 0 Å². The van der Waals surface area contributed by atoms with Gasteiger partial charge in [-0.05, 0) is 42.7 Å². The third kappa shape index (κ3) is 4.03. The monoisotopic (exact) mass is 364 g/mol. The number of para-hydroxylation sites is 1. The van der Waals surface area contributed by atoms with Crippen LogP contribution in [0.15, 0.2) is 60.3 Å². The van der Waals surface area contributed by atoms with Crippen molar-refractivity contribution in [3.8, 4) is 5.75 Å². The van der Waals surface area contributed by atoms with Crippen LogP contribution in [0.1, 0.15) is 26.3 Å². The maximum Gasteiger partial charge on any atom is 0.278 e. The second-order valence-corrected chi connectivity index (χ2v) is 6.82. The van der Waals surface area contributed by atoms with Crippen LogP contribution in [0.5, 0.6) is 5.75 Å². The van der Waals surface area contributed by atoms with Gasteiger partial charge in [-0.3, -0.25) is 14.5 Å². The fourth-order valence-electron chi connectivity index (χ4n) is 2.89. The highest BCUT2D eigenvalue weighted by Gasteiger charge is 2.38. The minimum atomic E-state index is -0.304. The molecule has 2 aromatic carbocycles. The molecule has 5 nitrogen and oxygen atoms in total. The standard InChI is InChI=1S/C22H24N2O3/c1-4-24-21(25)19(16-10-12-18(13-11-16)27-14-15(2)3)20(22(24)26)23-17-8-6-5-7-9-17/h5-13,15,23H,4,14H2,1-3H3. The summed E-state index contributed by atoms with van der Waals surface area (Å²) in [4.78, 5) is 26.8. The van der Waals surface area contributed by atoms with Gasteiger partial charge in [0.2, 0.25) is 0 Å². The van der Waals surface area contributed by atoms with E-state index in [1.54, 1.807) is 6.92 Å². The van der Waals surface area contributed by atoms with Crippen molar-refractivity contribution in [2.75, 3.05) is 18.5 Å². The predicted molar refractivity (Wildman–Crippen MR) is 106 cm³/mol. The van der Waals surface area contributed by atoms with Gasteiger partial charge in [-0.25, -0.2) is 0 Å². The molecule has 0 radical (unpaired) electrons. The second-order valence-electron chi connectivity index (χ2n) is 6.82. The van der Waals surface area contributed by atoms with Gasteiger partial charge in [-0.1, -0.05) is 44.2 Å². The van der Waals surface area contributed by atoms with Crippen LogP contribution in [-0.2, 0) is 9.59 Å². The van der Waals surface area contributed by atoms with Gasteiger partial charge in [0.05, 0.1) is 12.2 Å². The van der Waals surface area contributed by atoms with E-state index in [4.69, 9.17) is 4.74 Å². The third-order valence-electron chi connectivity index (χ3n) is 4.25. The van der Waals surface area contributed by atoms with E-state index in [-0.39, 0.29) is 11.8 Å². The lowest BCUT2D eigenvalue weighted by Gasteiger charge is -2.12. The largest absolute Gasteiger partial charge is 0.493 e. The summed E-state index contributed by atoms with van der Waals surface area (Å²) in [6.07, 6.45) is 0. The first-order valence-corrected chi connectivity index (χ1v) is 9.17. The number of carbonyl (C=O) groups is 2. The zero-order valence-electron chi connectivity index (χ0n) is 15.9. The number of anilines is 1. The van der Waals surface area contributed by atoms with E-state index >= 15 is 0 Å². The molecule has 140 valence electrons. The maximum atomic E-state index is 12.8. The molecule has 3 rings (SSSR count). The van der Waals surface area contributed by atoms with Crippen molar-refractivity contribution < 1.29 is 14.3 Å². The number of hydrogen-bond acceptors (Lipinski definition) is 4. The molecule has 5 heteroatoms. The lowest BCUT2D eigenvalue weighted by atomic mass is 10.0. The third-order valence-corrected chi connectivity index (χ3v) is 4.25. The van der Waals surface area contributed by atoms with Gasteiger partial charge in [0.1, 0.15) is 11.4 Å². The van der Waals surface area contributed by atoms with Crippen molar-refractivity contribution in [1.29, 1.82) is 0 Å². The molecule has 0 bridgehead atoms. The molecule has 0 fully saturated rings. The fourth-order valence-corrected chi connectivity index (χ4v) is 2.89. The molecule has 1 N–H and O–H groups in total. The predicted octanol–water partition coefficient (Wildman–Crippen LogP) is 3.93. The van der Waals surface area contributed by atoms with Crippen LogP contribution in [0, 0.1) is 5.92 Å². The number of likely N-dealkylation sites (N-methyl/N-ethyl adjacent to an activating group) is 1. The average Bonchev–Trinajstić information content (AvgIpc) is 2.91. The summed E-state index contributed by atoms with van der Waals surface area (Å²) in [5, 5.41) is 3.12. The number of hydrogen-bond donors (Lipinski definition) is 1. The summed E-state index contributed by atoms with van der Waals surface area (Å²) < 4.78 is 5.70. The number of rotatable bonds is 7. The number of ether oxygens (including phenoxy) is 1. The molecular formula is C22H24N2O3. The molecule has 2 aromatic rings. The Morgan fingerprint density at radius 2 is 1.63 bits per heavy atom. The Morgan fingerprint density at radius 1 is 0.963 bits per heavy atom. The maximum absolute atomic E-state index is 12.8. The van der Waals surface area contributed by atoms with Crippen LogP contribution in [0.2, 0.25) is 0 Å². The first kappa shape index (κ1) is 18.7. The van der Waals surface area contributed by atoms with E-state index in [1.807, 2.05) is 54.6 Å². The van der Waals surface area contributed by atoms with Crippen LogP contribution in [0.25, 0.3) is 5.57 Å². The van der Waals surface area contributed by atoms with E-state index in [1.165, 1.54) is 4.90 Å². The average molecular weight is 364 g/mol. The van der Waals surface area contributed by atoms with Gasteiger partial charge in [0, 0.05) is 12.2 Å². The van der Waals surface area contributed by atoms with Gasteiger partial charge in [-0.15, -0.1) is 0 Å². The van der Waals surface area contributed by atoms with E-state index in [0.29, 0.717) is 35.9 Å². The van der Waals surface area contributed by atoms with E-state index in [2.05, 4.69) is 19.2 Å². The number of nitrogens with one attached hydrogen (secondary N) is 1. The topological polar surface area (TPSA) is 58.6 Å². The lowest BCUT2D eigenvalue weighted by molar-refractivity contribution is -0.136. The van der Waals surface area contributed by atoms with Crippen molar-refractivity contribution in [3.05, 3.63) is 65.9 Å². The van der Waals surface area contributed by atoms with E-state index < -0.39 is 0 Å². The second kappa shape index (κ2) is 8.08. The van der Waals surface area contributed by atoms with Crippen LogP contribution in [0.4, 0.5) is 5.69 Å². The summed E-state index contributed by atoms with van der Waals surface area (Å²) in [7, 11) is 0. The zero-order valence-corrected chi connectivity index (χ0v) is 15.9. The molecule has 0 aromatic heterocycles. The number of carbonyl (C=O) groups excluding carboxylic acids is 2. The molecule has 0 saturated carbocycles. The minimum absolute atomic E-state index is 0.281. The highest BCUT2D eigenvalue weighted by Crippen LogP contribution is 2.31. The molecule has 0 unspecified atom stereocenters. The quantitative estimate of drug-likeness (QED) is 0.756. The number of benzene rings is 2. The normalized spacial score (nSPS) is 14.3. The van der Waals surface area contributed by atoms with Crippen molar-refractivity contribution in [2.24, 2.45) is 5.92 Å². The molecule has 0 saturated heterocycles. The SMILES string of the molecule is CCN1C(=O)C(Nc2ccccc2)=C(c2ccc(OCC(C)C)cc2)C1=O. The van der Waals surface area contributed by atoms with Gasteiger partial charge in [-0.2, -0.15) is 0 Å². The van der Waals surface area contributed by atoms with Crippen LogP contribution >= 0.6 is 0 Å². The summed E-state index contributed by atoms with van der Waals surface area (Å²) in [6.45, 7) is 6.92. The first-order valence-electron chi connectivity index (χ1n) is 9.17. The highest BCUT2D eigenvalue weighted by molar-refractivity contribution is 6.36. The van der Waals surface area contributed by atoms with Crippen molar-refractivity contribution in [3.63, 3.8) is 0 Å². The number of imide groups is 1. The van der Waals surface area contributed by atoms with Crippen LogP contribution < -0.4 is 10.1 Å². The Kier molecular flexibility index (Phi) is 5.60. The van der Waals surface area contributed by atoms with E-state index in [0.717, 1.165) is 11.4 Å². The summed E-state index contributed by atoms with van der Waals surface area (Å²) in [6, 6.07) is 16.7. The molecular weight excluding hydrogens is 340 g/mol. The Labute approximate surface area is 159 Å². The van der Waals surface area contributed by atoms with Gasteiger partial charge >= 0.3 is 0 Å². The summed E-state index contributed by atoms with van der Waals surface area (Å²) in [5.74, 6) is 0.592. The highest BCUT2D eigenvalue weighted by atomic mass is 16.5. The Hall–Kier alpha value is -3.08. The number of amides is 2. The number of nitrogens with zero attached hydrogens (tertiary/aromatic N) is 1. The zero-order chi connectivity index (χ0) is 19.4. The van der Waals surface area contributed by atoms with E-state index in [9.17, 15) is 9.59 Å². The summed E-state index contributed by atoms with van der Waals surface area (Å²) >= 11 is 0. The molecule has 1 aliphatic heterocycles. The minimum Gasteiger partial charge on any atom is -0.493 e. The van der Waals surface area contributed by atoms with Crippen LogP contribution in [-0.4, -0.2) is 29.9 Å². The Balaban J connectivity index is 1.94. The van der Waals surface area contributed by atoms with Crippen molar-refractivity contribution in [2.45, 2.75) is 20.8 Å². The molecule has 2 amide bonds. The molecule has 1 heterocycles. The molecule has 27 heavy (non-hydrogen) atoms. The molecule has 0 atom stereocenters. The Bertz CT molecular complexity index is 855. The van der Waals surface area contributed by atoms with Gasteiger partial charge in [0.15, 0.2) is 0 Å². The van der Waals surface area contributed by atoms with Crippen molar-refractivity contribution in [1.82, 2.24) is 4.90 Å². The van der Waals surface area contributed by atoms with Gasteiger partial charge in [0.25, 0.3) is 11.8 Å².